The SMILES string of the molecule is C=CCc1ccccc1C(C)=S. The summed E-state index contributed by atoms with van der Waals surface area (Å²) >= 11 is 5.13. The van der Waals surface area contributed by atoms with Crippen LogP contribution in [0.2, 0.25) is 0 Å². The van der Waals surface area contributed by atoms with Crippen LogP contribution in [0.25, 0.3) is 0 Å². The molecular weight excluding hydrogens is 164 g/mol. The van der Waals surface area contributed by atoms with Crippen LogP contribution in [0.4, 0.5) is 0 Å². The van der Waals surface area contributed by atoms with Gasteiger partial charge in [-0.15, -0.1) is 6.58 Å². The average Bonchev–Trinajstić information content (AvgIpc) is 2.05. The molecule has 0 nitrogen and oxygen atoms in total. The predicted molar refractivity (Wildman–Crippen MR) is 57.7 cm³/mol. The van der Waals surface area contributed by atoms with E-state index >= 15 is 0 Å². The molecule has 0 saturated carbocycles. The summed E-state index contributed by atoms with van der Waals surface area (Å²) in [7, 11) is 0. The molecule has 0 aliphatic rings. The van der Waals surface area contributed by atoms with Crippen molar-refractivity contribution < 1.29 is 0 Å². The second-order valence-electron chi connectivity index (χ2n) is 2.71. The Labute approximate surface area is 78.9 Å². The summed E-state index contributed by atoms with van der Waals surface area (Å²) in [4.78, 5) is 0.951. The third kappa shape index (κ3) is 2.02. The van der Waals surface area contributed by atoms with Gasteiger partial charge in [-0.05, 0) is 24.5 Å². The van der Waals surface area contributed by atoms with Crippen molar-refractivity contribution in [2.24, 2.45) is 0 Å². The molecule has 0 spiro atoms. The van der Waals surface area contributed by atoms with Crippen LogP contribution in [0.15, 0.2) is 36.9 Å². The van der Waals surface area contributed by atoms with E-state index in [-0.39, 0.29) is 0 Å². The van der Waals surface area contributed by atoms with Crippen molar-refractivity contribution in [3.63, 3.8) is 0 Å². The van der Waals surface area contributed by atoms with Gasteiger partial charge in [0.05, 0.1) is 0 Å². The first-order valence-electron chi connectivity index (χ1n) is 3.95. The molecule has 0 radical (unpaired) electrons. The van der Waals surface area contributed by atoms with Gasteiger partial charge in [0.25, 0.3) is 0 Å². The lowest BCUT2D eigenvalue weighted by Crippen LogP contribution is -1.96. The molecular formula is C11H12S. The second kappa shape index (κ2) is 4.17. The van der Waals surface area contributed by atoms with Crippen molar-refractivity contribution in [1.29, 1.82) is 0 Å². The Balaban J connectivity index is 3.07. The number of hydrogen-bond donors (Lipinski definition) is 0. The largest absolute Gasteiger partial charge is 0.103 e. The van der Waals surface area contributed by atoms with Crippen LogP contribution in [-0.4, -0.2) is 4.86 Å². The number of thiocarbonyl (C=S) groups is 1. The first-order chi connectivity index (χ1) is 5.75. The van der Waals surface area contributed by atoms with Crippen LogP contribution in [0, 0.1) is 0 Å². The molecule has 0 atom stereocenters. The maximum Gasteiger partial charge on any atom is 0.0196 e. The number of benzene rings is 1. The van der Waals surface area contributed by atoms with Gasteiger partial charge in [-0.25, -0.2) is 0 Å². The molecule has 1 aromatic carbocycles. The van der Waals surface area contributed by atoms with E-state index in [4.69, 9.17) is 12.2 Å². The molecule has 1 aromatic rings. The molecule has 12 heavy (non-hydrogen) atoms. The zero-order chi connectivity index (χ0) is 8.97. The Morgan fingerprint density at radius 1 is 1.50 bits per heavy atom. The lowest BCUT2D eigenvalue weighted by Gasteiger charge is -2.04. The predicted octanol–water partition coefficient (Wildman–Crippen LogP) is 3.15. The third-order valence-electron chi connectivity index (χ3n) is 1.76. The monoisotopic (exact) mass is 176 g/mol. The van der Waals surface area contributed by atoms with Gasteiger partial charge < -0.3 is 0 Å². The van der Waals surface area contributed by atoms with Gasteiger partial charge in [0.15, 0.2) is 0 Å². The Bertz CT molecular complexity index is 300. The Kier molecular flexibility index (Phi) is 3.18. The van der Waals surface area contributed by atoms with Gasteiger partial charge in [0.1, 0.15) is 0 Å². The molecule has 0 amide bonds. The van der Waals surface area contributed by atoms with Gasteiger partial charge in [0.2, 0.25) is 0 Å². The first kappa shape index (κ1) is 9.14. The number of hydrogen-bond acceptors (Lipinski definition) is 1. The van der Waals surface area contributed by atoms with Crippen molar-refractivity contribution in [1.82, 2.24) is 0 Å². The smallest absolute Gasteiger partial charge is 0.0196 e. The van der Waals surface area contributed by atoms with Crippen molar-refractivity contribution in [3.05, 3.63) is 48.0 Å². The third-order valence-corrected chi connectivity index (χ3v) is 1.98. The highest BCUT2D eigenvalue weighted by Crippen LogP contribution is 2.10. The zero-order valence-corrected chi connectivity index (χ0v) is 8.03. The minimum absolute atomic E-state index is 0.893. The normalized spacial score (nSPS) is 9.42. The van der Waals surface area contributed by atoms with E-state index in [0.29, 0.717) is 0 Å². The van der Waals surface area contributed by atoms with E-state index in [2.05, 4.69) is 18.7 Å². The summed E-state index contributed by atoms with van der Waals surface area (Å²) in [5, 5.41) is 0. The van der Waals surface area contributed by atoms with Crippen LogP contribution in [0.3, 0.4) is 0 Å². The highest BCUT2D eigenvalue weighted by Gasteiger charge is 2.00. The summed E-state index contributed by atoms with van der Waals surface area (Å²) in [6, 6.07) is 8.19. The van der Waals surface area contributed by atoms with Crippen molar-refractivity contribution >= 4 is 17.1 Å². The van der Waals surface area contributed by atoms with E-state index in [9.17, 15) is 0 Å². The van der Waals surface area contributed by atoms with Crippen LogP contribution in [0.1, 0.15) is 18.1 Å². The van der Waals surface area contributed by atoms with E-state index < -0.39 is 0 Å². The molecule has 0 bridgehead atoms. The molecule has 62 valence electrons. The molecule has 0 saturated heterocycles. The maximum absolute atomic E-state index is 5.13. The van der Waals surface area contributed by atoms with Gasteiger partial charge in [0, 0.05) is 4.86 Å². The Morgan fingerprint density at radius 2 is 2.17 bits per heavy atom. The van der Waals surface area contributed by atoms with Gasteiger partial charge in [-0.1, -0.05) is 42.6 Å². The zero-order valence-electron chi connectivity index (χ0n) is 7.21. The standard InChI is InChI=1S/C11H12S/c1-3-6-10-7-4-5-8-11(10)9(2)12/h3-5,7-8H,1,6H2,2H3. The Hall–Kier alpha value is -0.950. The molecule has 0 N–H and O–H groups in total. The fraction of sp³-hybridized carbons (Fsp3) is 0.182. The van der Waals surface area contributed by atoms with Crippen molar-refractivity contribution in [3.8, 4) is 0 Å². The van der Waals surface area contributed by atoms with Gasteiger partial charge >= 0.3 is 0 Å². The number of allylic oxidation sites excluding steroid dienone is 1. The first-order valence-corrected chi connectivity index (χ1v) is 4.36. The van der Waals surface area contributed by atoms with Crippen LogP contribution >= 0.6 is 12.2 Å². The quantitative estimate of drug-likeness (QED) is 0.387. The highest BCUT2D eigenvalue weighted by molar-refractivity contribution is 7.80. The topological polar surface area (TPSA) is 0 Å². The van der Waals surface area contributed by atoms with E-state index in [1.54, 1.807) is 0 Å². The fourth-order valence-corrected chi connectivity index (χ4v) is 1.40. The van der Waals surface area contributed by atoms with Gasteiger partial charge in [-0.2, -0.15) is 0 Å². The van der Waals surface area contributed by atoms with Crippen molar-refractivity contribution in [2.45, 2.75) is 13.3 Å². The highest BCUT2D eigenvalue weighted by atomic mass is 32.1. The summed E-state index contributed by atoms with van der Waals surface area (Å²) in [5.74, 6) is 0. The van der Waals surface area contributed by atoms with Crippen LogP contribution in [0.5, 0.6) is 0 Å². The lowest BCUT2D eigenvalue weighted by atomic mass is 10.0. The minimum atomic E-state index is 0.893. The minimum Gasteiger partial charge on any atom is -0.103 e. The Morgan fingerprint density at radius 3 is 2.75 bits per heavy atom. The molecule has 0 fully saturated rings. The van der Waals surface area contributed by atoms with Crippen LogP contribution in [-0.2, 0) is 6.42 Å². The summed E-state index contributed by atoms with van der Waals surface area (Å²) in [5.41, 5.74) is 2.44. The number of rotatable bonds is 3. The lowest BCUT2D eigenvalue weighted by molar-refractivity contribution is 1.27. The molecule has 1 heteroatoms. The molecule has 0 unspecified atom stereocenters. The summed E-state index contributed by atoms with van der Waals surface area (Å²) in [6.07, 6.45) is 2.79. The molecule has 0 aliphatic heterocycles. The fourth-order valence-electron chi connectivity index (χ4n) is 1.20. The van der Waals surface area contributed by atoms with E-state index in [1.165, 1.54) is 11.1 Å². The maximum atomic E-state index is 5.13. The second-order valence-corrected chi connectivity index (χ2v) is 3.32. The van der Waals surface area contributed by atoms with E-state index in [1.807, 2.05) is 25.1 Å². The summed E-state index contributed by atoms with van der Waals surface area (Å²) < 4.78 is 0. The molecule has 0 aromatic heterocycles. The molecule has 0 aliphatic carbocycles. The summed E-state index contributed by atoms with van der Waals surface area (Å²) in [6.45, 7) is 5.67. The van der Waals surface area contributed by atoms with Crippen LogP contribution < -0.4 is 0 Å². The molecule has 1 rings (SSSR count). The van der Waals surface area contributed by atoms with Crippen molar-refractivity contribution in [2.75, 3.05) is 0 Å². The van der Waals surface area contributed by atoms with E-state index in [0.717, 1.165) is 11.3 Å². The average molecular weight is 176 g/mol. The molecule has 0 heterocycles. The van der Waals surface area contributed by atoms with Gasteiger partial charge in [-0.3, -0.25) is 0 Å².